The Kier molecular flexibility index (Phi) is 4.67. The summed E-state index contributed by atoms with van der Waals surface area (Å²) in [5.41, 5.74) is 4.61. The van der Waals surface area contributed by atoms with Crippen LogP contribution in [0.3, 0.4) is 0 Å². The maximum Gasteiger partial charge on any atom is 0.295 e. The van der Waals surface area contributed by atoms with E-state index in [0.29, 0.717) is 5.56 Å². The van der Waals surface area contributed by atoms with Crippen LogP contribution in [0.25, 0.3) is 11.4 Å². The van der Waals surface area contributed by atoms with E-state index in [1.54, 1.807) is 17.1 Å². The lowest BCUT2D eigenvalue weighted by Gasteiger charge is -1.99. The highest BCUT2D eigenvalue weighted by atomic mass is 16.3. The molecule has 2 heterocycles. The molecular formula is C20H16N6O2. The molecule has 0 radical (unpaired) electrons. The fourth-order valence-corrected chi connectivity index (χ4v) is 2.58. The molecule has 0 aliphatic heterocycles. The summed E-state index contributed by atoms with van der Waals surface area (Å²) < 4.78 is 3.13. The predicted molar refractivity (Wildman–Crippen MR) is 104 cm³/mol. The van der Waals surface area contributed by atoms with E-state index in [2.05, 4.69) is 20.7 Å². The van der Waals surface area contributed by atoms with Gasteiger partial charge in [0, 0.05) is 11.8 Å². The molecule has 2 N–H and O–H groups in total. The van der Waals surface area contributed by atoms with Crippen molar-refractivity contribution in [2.75, 3.05) is 0 Å². The van der Waals surface area contributed by atoms with E-state index in [0.717, 1.165) is 11.4 Å². The number of aromatic hydroxyl groups is 1. The summed E-state index contributed by atoms with van der Waals surface area (Å²) in [5.74, 6) is -0.840. The molecular weight excluding hydrogens is 356 g/mol. The van der Waals surface area contributed by atoms with Crippen LogP contribution in [0.4, 0.5) is 0 Å². The number of nitrogens with one attached hydrogen (secondary N) is 1. The molecule has 138 valence electrons. The number of para-hydroxylation sites is 2. The number of aromatic nitrogens is 4. The van der Waals surface area contributed by atoms with Gasteiger partial charge in [-0.15, -0.1) is 0 Å². The molecule has 0 saturated carbocycles. The summed E-state index contributed by atoms with van der Waals surface area (Å²) in [6, 6.07) is 18.8. The monoisotopic (exact) mass is 372 g/mol. The molecule has 4 aromatic rings. The van der Waals surface area contributed by atoms with Crippen LogP contribution in [0.2, 0.25) is 0 Å². The van der Waals surface area contributed by atoms with E-state index < -0.39 is 5.91 Å². The molecule has 0 saturated heterocycles. The maximum absolute atomic E-state index is 12.2. The first kappa shape index (κ1) is 17.2. The van der Waals surface area contributed by atoms with Gasteiger partial charge in [-0.05, 0) is 24.3 Å². The Morgan fingerprint density at radius 2 is 1.61 bits per heavy atom. The van der Waals surface area contributed by atoms with Crippen LogP contribution < -0.4 is 5.43 Å². The van der Waals surface area contributed by atoms with Gasteiger partial charge >= 0.3 is 0 Å². The molecule has 8 heteroatoms. The van der Waals surface area contributed by atoms with Gasteiger partial charge in [-0.3, -0.25) is 4.79 Å². The van der Waals surface area contributed by atoms with Crippen molar-refractivity contribution in [1.82, 2.24) is 25.0 Å². The topological polar surface area (TPSA) is 97.3 Å². The Balaban J connectivity index is 1.44. The normalized spacial score (nSPS) is 11.0. The van der Waals surface area contributed by atoms with E-state index in [-0.39, 0.29) is 11.4 Å². The summed E-state index contributed by atoms with van der Waals surface area (Å²) in [6.07, 6.45) is 6.25. The van der Waals surface area contributed by atoms with Gasteiger partial charge in [0.25, 0.3) is 5.91 Å². The molecule has 0 spiro atoms. The quantitative estimate of drug-likeness (QED) is 0.415. The number of hydrazone groups is 1. The fourth-order valence-electron chi connectivity index (χ4n) is 2.58. The lowest BCUT2D eigenvalue weighted by molar-refractivity contribution is 0.0947. The highest BCUT2D eigenvalue weighted by molar-refractivity contribution is 5.95. The Bertz CT molecular complexity index is 1120. The summed E-state index contributed by atoms with van der Waals surface area (Å²) in [7, 11) is 0. The minimum absolute atomic E-state index is 0.110. The average Bonchev–Trinajstić information content (AvgIpc) is 3.36. The second-order valence-corrected chi connectivity index (χ2v) is 5.90. The second kappa shape index (κ2) is 7.58. The minimum Gasteiger partial charge on any atom is -0.504 e. The van der Waals surface area contributed by atoms with Gasteiger partial charge in [0.1, 0.15) is 0 Å². The summed E-state index contributed by atoms with van der Waals surface area (Å²) in [4.78, 5) is 12.2. The van der Waals surface area contributed by atoms with Crippen molar-refractivity contribution in [1.29, 1.82) is 0 Å². The standard InChI is InChI=1S/C20H16N6O2/c27-18-14-26(17-9-5-2-6-10-17)24-19(18)20(28)23-21-11-15-12-22-25(13-15)16-7-3-1-4-8-16/h1-14,27H,(H,23,28)/b21-11-. The number of hydrogen-bond acceptors (Lipinski definition) is 5. The lowest BCUT2D eigenvalue weighted by Crippen LogP contribution is -2.18. The molecule has 0 aliphatic rings. The van der Waals surface area contributed by atoms with Gasteiger partial charge in [-0.25, -0.2) is 14.8 Å². The van der Waals surface area contributed by atoms with E-state index in [1.165, 1.54) is 17.1 Å². The summed E-state index contributed by atoms with van der Waals surface area (Å²) >= 11 is 0. The molecule has 2 aromatic heterocycles. The molecule has 2 aromatic carbocycles. The molecule has 28 heavy (non-hydrogen) atoms. The van der Waals surface area contributed by atoms with Crippen molar-refractivity contribution in [3.8, 4) is 17.1 Å². The number of rotatable bonds is 5. The van der Waals surface area contributed by atoms with Crippen LogP contribution in [-0.2, 0) is 0 Å². The Morgan fingerprint density at radius 1 is 0.964 bits per heavy atom. The van der Waals surface area contributed by atoms with E-state index in [1.807, 2.05) is 60.7 Å². The molecule has 0 aliphatic carbocycles. The largest absolute Gasteiger partial charge is 0.504 e. The van der Waals surface area contributed by atoms with Crippen molar-refractivity contribution in [3.63, 3.8) is 0 Å². The molecule has 0 fully saturated rings. The van der Waals surface area contributed by atoms with Crippen LogP contribution in [-0.4, -0.2) is 36.8 Å². The van der Waals surface area contributed by atoms with Crippen molar-refractivity contribution in [2.24, 2.45) is 5.10 Å². The van der Waals surface area contributed by atoms with Gasteiger partial charge in [-0.2, -0.15) is 15.3 Å². The molecule has 4 rings (SSSR count). The Morgan fingerprint density at radius 3 is 2.29 bits per heavy atom. The average molecular weight is 372 g/mol. The molecule has 0 unspecified atom stereocenters. The van der Waals surface area contributed by atoms with Gasteiger partial charge in [0.2, 0.25) is 0 Å². The first-order chi connectivity index (χ1) is 13.7. The number of carbonyl (C=O) groups is 1. The van der Waals surface area contributed by atoms with E-state index in [4.69, 9.17) is 0 Å². The van der Waals surface area contributed by atoms with Crippen molar-refractivity contribution < 1.29 is 9.90 Å². The number of benzene rings is 2. The Labute approximate surface area is 160 Å². The summed E-state index contributed by atoms with van der Waals surface area (Å²) in [6.45, 7) is 0. The first-order valence-corrected chi connectivity index (χ1v) is 8.48. The van der Waals surface area contributed by atoms with Gasteiger partial charge < -0.3 is 5.11 Å². The number of nitrogens with zero attached hydrogens (tertiary/aromatic N) is 5. The smallest absolute Gasteiger partial charge is 0.295 e. The zero-order chi connectivity index (χ0) is 19.3. The zero-order valence-electron chi connectivity index (χ0n) is 14.7. The van der Waals surface area contributed by atoms with E-state index in [9.17, 15) is 9.90 Å². The van der Waals surface area contributed by atoms with Crippen LogP contribution in [0.15, 0.2) is 84.4 Å². The Hall–Kier alpha value is -4.20. The number of carbonyl (C=O) groups excluding carboxylic acids is 1. The van der Waals surface area contributed by atoms with Crippen LogP contribution in [0, 0.1) is 0 Å². The van der Waals surface area contributed by atoms with Crippen LogP contribution in [0.1, 0.15) is 16.1 Å². The second-order valence-electron chi connectivity index (χ2n) is 5.90. The fraction of sp³-hybridized carbons (Fsp3) is 0. The third-order valence-corrected chi connectivity index (χ3v) is 3.93. The van der Waals surface area contributed by atoms with Crippen LogP contribution in [0.5, 0.6) is 5.75 Å². The molecule has 8 nitrogen and oxygen atoms in total. The number of hydrogen-bond donors (Lipinski definition) is 2. The zero-order valence-corrected chi connectivity index (χ0v) is 14.7. The maximum atomic E-state index is 12.2. The summed E-state index contributed by atoms with van der Waals surface area (Å²) in [5, 5.41) is 22.3. The highest BCUT2D eigenvalue weighted by Crippen LogP contribution is 2.17. The minimum atomic E-state index is -0.612. The SMILES string of the molecule is O=C(N/N=C\c1cnn(-c2ccccc2)c1)c1nn(-c2ccccc2)cc1O. The first-order valence-electron chi connectivity index (χ1n) is 8.48. The van der Waals surface area contributed by atoms with Crippen molar-refractivity contribution in [3.05, 3.63) is 90.5 Å². The van der Waals surface area contributed by atoms with Gasteiger partial charge in [0.15, 0.2) is 11.4 Å². The van der Waals surface area contributed by atoms with Crippen LogP contribution >= 0.6 is 0 Å². The van der Waals surface area contributed by atoms with Gasteiger partial charge in [-0.1, -0.05) is 36.4 Å². The molecule has 1 amide bonds. The number of amides is 1. The van der Waals surface area contributed by atoms with Crippen molar-refractivity contribution >= 4 is 12.1 Å². The van der Waals surface area contributed by atoms with Gasteiger partial charge in [0.05, 0.1) is 30.0 Å². The highest BCUT2D eigenvalue weighted by Gasteiger charge is 2.16. The third-order valence-electron chi connectivity index (χ3n) is 3.93. The molecule has 0 atom stereocenters. The van der Waals surface area contributed by atoms with Crippen molar-refractivity contribution in [2.45, 2.75) is 0 Å². The predicted octanol–water partition coefficient (Wildman–Crippen LogP) is 2.53. The third kappa shape index (κ3) is 3.65. The lowest BCUT2D eigenvalue weighted by atomic mass is 10.3. The molecule has 0 bridgehead atoms. The van der Waals surface area contributed by atoms with E-state index >= 15 is 0 Å².